The summed E-state index contributed by atoms with van der Waals surface area (Å²) in [5.41, 5.74) is 4.31. The minimum Gasteiger partial charge on any atom is -0.339 e. The largest absolute Gasteiger partial charge is 0.339 e. The highest BCUT2D eigenvalue weighted by Crippen LogP contribution is 2.27. The molecule has 3 rings (SSSR count). The van der Waals surface area contributed by atoms with E-state index in [2.05, 4.69) is 5.10 Å². The van der Waals surface area contributed by atoms with Crippen molar-refractivity contribution >= 4 is 16.8 Å². The van der Waals surface area contributed by atoms with Crippen LogP contribution in [0.1, 0.15) is 36.7 Å². The zero-order valence-corrected chi connectivity index (χ0v) is 15.4. The number of pyridine rings is 1. The van der Waals surface area contributed by atoms with E-state index in [1.807, 2.05) is 69.9 Å². The first-order chi connectivity index (χ1) is 11.9. The van der Waals surface area contributed by atoms with Gasteiger partial charge in [0.05, 0.1) is 23.0 Å². The van der Waals surface area contributed by atoms with E-state index in [4.69, 9.17) is 4.98 Å². The molecule has 0 unspecified atom stereocenters. The molecular formula is C20H24N4O. The zero-order chi connectivity index (χ0) is 18.1. The van der Waals surface area contributed by atoms with Crippen LogP contribution in [0.4, 0.5) is 0 Å². The number of rotatable bonds is 4. The normalized spacial score (nSPS) is 11.3. The molecule has 0 spiro atoms. The van der Waals surface area contributed by atoms with E-state index in [1.165, 1.54) is 0 Å². The maximum atomic E-state index is 13.0. The number of amides is 1. The number of fused-ring (bicyclic) bond motifs is 1. The third kappa shape index (κ3) is 3.14. The topological polar surface area (TPSA) is 51.0 Å². The molecule has 0 aliphatic rings. The number of para-hydroxylation sites is 1. The Morgan fingerprint density at radius 3 is 2.72 bits per heavy atom. The molecule has 0 saturated heterocycles. The van der Waals surface area contributed by atoms with Crippen LogP contribution in [-0.2, 0) is 6.54 Å². The zero-order valence-electron chi connectivity index (χ0n) is 15.4. The first kappa shape index (κ1) is 17.1. The molecule has 130 valence electrons. The van der Waals surface area contributed by atoms with Crippen molar-refractivity contribution in [1.82, 2.24) is 19.7 Å². The number of carbonyl (C=O) groups excluding carboxylic acids is 1. The standard InChI is InChI=1S/C20H24N4O/c1-6-24-12-15(11-21-24)18-10-17(20(25)23(5)13(2)3)16-9-7-8-14(4)19(16)22-18/h7-13H,6H2,1-5H3. The lowest BCUT2D eigenvalue weighted by Gasteiger charge is -2.22. The quantitative estimate of drug-likeness (QED) is 0.726. The van der Waals surface area contributed by atoms with E-state index in [1.54, 1.807) is 11.1 Å². The molecule has 0 aliphatic heterocycles. The van der Waals surface area contributed by atoms with Crippen LogP contribution in [0.5, 0.6) is 0 Å². The lowest BCUT2D eigenvalue weighted by atomic mass is 10.0. The van der Waals surface area contributed by atoms with E-state index in [-0.39, 0.29) is 11.9 Å². The molecular weight excluding hydrogens is 312 g/mol. The van der Waals surface area contributed by atoms with Gasteiger partial charge in [-0.1, -0.05) is 18.2 Å². The number of nitrogens with zero attached hydrogens (tertiary/aromatic N) is 4. The Labute approximate surface area is 148 Å². The third-order valence-corrected chi connectivity index (χ3v) is 4.62. The van der Waals surface area contributed by atoms with Crippen molar-refractivity contribution in [3.8, 4) is 11.3 Å². The third-order valence-electron chi connectivity index (χ3n) is 4.62. The smallest absolute Gasteiger partial charge is 0.254 e. The van der Waals surface area contributed by atoms with Crippen LogP contribution in [-0.4, -0.2) is 38.7 Å². The Hall–Kier alpha value is -2.69. The molecule has 25 heavy (non-hydrogen) atoms. The molecule has 2 aromatic heterocycles. The van der Waals surface area contributed by atoms with Crippen molar-refractivity contribution in [2.24, 2.45) is 0 Å². The summed E-state index contributed by atoms with van der Waals surface area (Å²) in [7, 11) is 1.84. The molecule has 0 bridgehead atoms. The first-order valence-corrected chi connectivity index (χ1v) is 8.62. The van der Waals surface area contributed by atoms with Crippen LogP contribution in [0, 0.1) is 6.92 Å². The van der Waals surface area contributed by atoms with Crippen molar-refractivity contribution in [1.29, 1.82) is 0 Å². The van der Waals surface area contributed by atoms with Gasteiger partial charge in [-0.25, -0.2) is 4.98 Å². The second kappa shape index (κ2) is 6.67. The van der Waals surface area contributed by atoms with Crippen molar-refractivity contribution < 1.29 is 4.79 Å². The Morgan fingerprint density at radius 1 is 1.32 bits per heavy atom. The lowest BCUT2D eigenvalue weighted by Crippen LogP contribution is -2.33. The van der Waals surface area contributed by atoms with Crippen LogP contribution < -0.4 is 0 Å². The van der Waals surface area contributed by atoms with Crippen molar-refractivity contribution in [2.45, 2.75) is 40.3 Å². The Kier molecular flexibility index (Phi) is 4.57. The fraction of sp³-hybridized carbons (Fsp3) is 0.350. The fourth-order valence-electron chi connectivity index (χ4n) is 2.81. The van der Waals surface area contributed by atoms with Crippen LogP contribution in [0.15, 0.2) is 36.7 Å². The molecule has 1 amide bonds. The van der Waals surface area contributed by atoms with Crippen LogP contribution in [0.25, 0.3) is 22.2 Å². The summed E-state index contributed by atoms with van der Waals surface area (Å²) in [5, 5.41) is 5.23. The van der Waals surface area contributed by atoms with Crippen LogP contribution in [0.3, 0.4) is 0 Å². The van der Waals surface area contributed by atoms with Gasteiger partial charge in [0, 0.05) is 36.8 Å². The molecule has 5 nitrogen and oxygen atoms in total. The predicted molar refractivity (Wildman–Crippen MR) is 101 cm³/mol. The molecule has 3 aromatic rings. The molecule has 1 aromatic carbocycles. The molecule has 0 fully saturated rings. The van der Waals surface area contributed by atoms with Gasteiger partial charge in [-0.05, 0) is 39.3 Å². The first-order valence-electron chi connectivity index (χ1n) is 8.62. The SMILES string of the molecule is CCn1cc(-c2cc(C(=O)N(C)C(C)C)c3cccc(C)c3n2)cn1. The van der Waals surface area contributed by atoms with Crippen LogP contribution >= 0.6 is 0 Å². The molecule has 0 saturated carbocycles. The van der Waals surface area contributed by atoms with Crippen molar-refractivity contribution in [3.05, 3.63) is 47.8 Å². The molecule has 0 N–H and O–H groups in total. The average Bonchev–Trinajstić information content (AvgIpc) is 3.09. The number of benzene rings is 1. The minimum atomic E-state index is 0.0112. The highest BCUT2D eigenvalue weighted by atomic mass is 16.2. The van der Waals surface area contributed by atoms with E-state index >= 15 is 0 Å². The van der Waals surface area contributed by atoms with Crippen molar-refractivity contribution in [3.63, 3.8) is 0 Å². The van der Waals surface area contributed by atoms with E-state index in [9.17, 15) is 4.79 Å². The van der Waals surface area contributed by atoms with Crippen molar-refractivity contribution in [2.75, 3.05) is 7.05 Å². The summed E-state index contributed by atoms with van der Waals surface area (Å²) in [4.78, 5) is 19.6. The highest BCUT2D eigenvalue weighted by Gasteiger charge is 2.20. The fourth-order valence-corrected chi connectivity index (χ4v) is 2.81. The van der Waals surface area contributed by atoms with Gasteiger partial charge in [0.15, 0.2) is 0 Å². The van der Waals surface area contributed by atoms with Gasteiger partial charge in [-0.3, -0.25) is 9.48 Å². The van der Waals surface area contributed by atoms with Gasteiger partial charge >= 0.3 is 0 Å². The van der Waals surface area contributed by atoms with E-state index in [0.717, 1.165) is 34.3 Å². The van der Waals surface area contributed by atoms with E-state index in [0.29, 0.717) is 5.56 Å². The average molecular weight is 336 g/mol. The summed E-state index contributed by atoms with van der Waals surface area (Å²) in [6.45, 7) is 8.89. The van der Waals surface area contributed by atoms with E-state index < -0.39 is 0 Å². The van der Waals surface area contributed by atoms with Gasteiger partial charge in [0.1, 0.15) is 0 Å². The Bertz CT molecular complexity index is 927. The predicted octanol–water partition coefficient (Wildman–Crippen LogP) is 3.91. The molecule has 0 aliphatic carbocycles. The highest BCUT2D eigenvalue weighted by molar-refractivity contribution is 6.07. The summed E-state index contributed by atoms with van der Waals surface area (Å²) in [5.74, 6) is 0.0112. The lowest BCUT2D eigenvalue weighted by molar-refractivity contribution is 0.0757. The van der Waals surface area contributed by atoms with Gasteiger partial charge < -0.3 is 4.90 Å². The number of aromatic nitrogens is 3. The second-order valence-corrected chi connectivity index (χ2v) is 6.62. The van der Waals surface area contributed by atoms with Crippen LogP contribution in [0.2, 0.25) is 0 Å². The minimum absolute atomic E-state index is 0.0112. The maximum absolute atomic E-state index is 13.0. The number of hydrogen-bond donors (Lipinski definition) is 0. The Balaban J connectivity index is 2.23. The summed E-state index contributed by atoms with van der Waals surface area (Å²) in [6, 6.07) is 7.98. The summed E-state index contributed by atoms with van der Waals surface area (Å²) in [6.07, 6.45) is 3.77. The molecule has 5 heteroatoms. The summed E-state index contributed by atoms with van der Waals surface area (Å²) >= 11 is 0. The van der Waals surface area contributed by atoms with Gasteiger partial charge in [-0.15, -0.1) is 0 Å². The van der Waals surface area contributed by atoms with Gasteiger partial charge in [0.2, 0.25) is 0 Å². The summed E-state index contributed by atoms with van der Waals surface area (Å²) < 4.78 is 1.86. The monoisotopic (exact) mass is 336 g/mol. The Morgan fingerprint density at radius 2 is 2.08 bits per heavy atom. The molecule has 0 radical (unpaired) electrons. The number of carbonyl (C=O) groups is 1. The van der Waals surface area contributed by atoms with Gasteiger partial charge in [-0.2, -0.15) is 5.10 Å². The number of hydrogen-bond acceptors (Lipinski definition) is 3. The number of aryl methyl sites for hydroxylation is 2. The van der Waals surface area contributed by atoms with Gasteiger partial charge in [0.25, 0.3) is 5.91 Å². The molecule has 2 heterocycles. The second-order valence-electron chi connectivity index (χ2n) is 6.62. The molecule has 0 atom stereocenters. The maximum Gasteiger partial charge on any atom is 0.254 e.